The number of hydrogen-bond acceptors (Lipinski definition) is 4. The fourth-order valence-corrected chi connectivity index (χ4v) is 5.85. The van der Waals surface area contributed by atoms with Crippen molar-refractivity contribution in [3.8, 4) is 11.5 Å². The average Bonchev–Trinajstić information content (AvgIpc) is 3.41. The molecule has 1 spiro atoms. The number of piperidine rings is 1. The van der Waals surface area contributed by atoms with Crippen molar-refractivity contribution in [2.24, 2.45) is 5.92 Å². The second-order valence-corrected chi connectivity index (χ2v) is 8.40. The third-order valence-corrected chi connectivity index (χ3v) is 7.19. The molecule has 2 bridgehead atoms. The van der Waals surface area contributed by atoms with Crippen LogP contribution in [0.2, 0.25) is 0 Å². The molecule has 5 aliphatic rings. The number of rotatable bonds is 4. The van der Waals surface area contributed by atoms with E-state index in [9.17, 15) is 0 Å². The summed E-state index contributed by atoms with van der Waals surface area (Å²) >= 11 is 0. The van der Waals surface area contributed by atoms with Crippen LogP contribution in [0.5, 0.6) is 11.5 Å². The molecule has 4 heteroatoms. The molecule has 0 amide bonds. The van der Waals surface area contributed by atoms with Gasteiger partial charge in [-0.05, 0) is 54.9 Å². The first kappa shape index (κ1) is 15.2. The minimum atomic E-state index is -0.0672. The Labute approximate surface area is 154 Å². The monoisotopic (exact) mass is 351 g/mol. The maximum atomic E-state index is 6.56. The van der Waals surface area contributed by atoms with Crippen molar-refractivity contribution in [2.45, 2.75) is 43.2 Å². The van der Waals surface area contributed by atoms with Crippen LogP contribution in [-0.4, -0.2) is 44.4 Å². The number of methoxy groups -OCH3 is 2. The van der Waals surface area contributed by atoms with Gasteiger partial charge < -0.3 is 14.2 Å². The van der Waals surface area contributed by atoms with E-state index in [0.717, 1.165) is 42.6 Å². The molecule has 3 atom stereocenters. The third-order valence-electron chi connectivity index (χ3n) is 7.19. The largest absolute Gasteiger partial charge is 0.497 e. The summed E-state index contributed by atoms with van der Waals surface area (Å²) in [6.45, 7) is 2.40. The quantitative estimate of drug-likeness (QED) is 0.834. The van der Waals surface area contributed by atoms with E-state index in [1.807, 2.05) is 0 Å². The Morgan fingerprint density at radius 3 is 2.85 bits per heavy atom. The molecule has 3 aliphatic carbocycles. The van der Waals surface area contributed by atoms with E-state index in [0.29, 0.717) is 6.04 Å². The van der Waals surface area contributed by atoms with Crippen LogP contribution in [0.25, 0.3) is 0 Å². The summed E-state index contributed by atoms with van der Waals surface area (Å²) in [5.74, 6) is 3.65. The van der Waals surface area contributed by atoms with Gasteiger partial charge in [-0.1, -0.05) is 12.1 Å². The highest BCUT2D eigenvalue weighted by Crippen LogP contribution is 2.62. The molecule has 2 aliphatic heterocycles. The molecule has 0 aromatic heterocycles. The standard InChI is InChI=1S/C22H25NO3/c1-24-17-7-5-14-11-16-15-6-8-18(25-2)21-22(15,19(14)20(17)26-21)9-10-23(16)12-13-3-4-13/h5-8,13,16,21H,3-4,9-12H2,1-2H3. The minimum Gasteiger partial charge on any atom is -0.497 e. The second-order valence-electron chi connectivity index (χ2n) is 8.40. The fourth-order valence-electron chi connectivity index (χ4n) is 5.85. The lowest BCUT2D eigenvalue weighted by Gasteiger charge is -2.53. The Balaban J connectivity index is 1.56. The van der Waals surface area contributed by atoms with E-state index in [1.54, 1.807) is 14.2 Å². The highest BCUT2D eigenvalue weighted by molar-refractivity contribution is 5.67. The van der Waals surface area contributed by atoms with Gasteiger partial charge in [0.1, 0.15) is 5.76 Å². The molecule has 1 saturated carbocycles. The lowest BCUT2D eigenvalue weighted by atomic mass is 9.57. The molecule has 1 aromatic carbocycles. The first-order valence-electron chi connectivity index (χ1n) is 9.83. The first-order valence-corrected chi connectivity index (χ1v) is 9.83. The van der Waals surface area contributed by atoms with Crippen LogP contribution in [0.3, 0.4) is 0 Å². The Morgan fingerprint density at radius 2 is 2.08 bits per heavy atom. The van der Waals surface area contributed by atoms with Gasteiger partial charge in [-0.2, -0.15) is 0 Å². The number of ether oxygens (including phenoxy) is 3. The molecule has 6 rings (SSSR count). The van der Waals surface area contributed by atoms with Gasteiger partial charge in [-0.15, -0.1) is 0 Å². The van der Waals surface area contributed by atoms with Crippen LogP contribution in [-0.2, 0) is 16.6 Å². The van der Waals surface area contributed by atoms with Gasteiger partial charge in [0.2, 0.25) is 0 Å². The van der Waals surface area contributed by atoms with E-state index in [2.05, 4.69) is 29.2 Å². The van der Waals surface area contributed by atoms with Crippen LogP contribution < -0.4 is 9.47 Å². The highest BCUT2D eigenvalue weighted by Gasteiger charge is 2.62. The van der Waals surface area contributed by atoms with Crippen molar-refractivity contribution in [3.63, 3.8) is 0 Å². The molecule has 4 nitrogen and oxygen atoms in total. The maximum absolute atomic E-state index is 6.56. The van der Waals surface area contributed by atoms with E-state index in [-0.39, 0.29) is 11.5 Å². The Bertz CT molecular complexity index is 853. The number of allylic oxidation sites excluding steroid dienone is 2. The number of hydrogen-bond donors (Lipinski definition) is 0. The van der Waals surface area contributed by atoms with E-state index < -0.39 is 0 Å². The zero-order valence-electron chi connectivity index (χ0n) is 15.5. The summed E-state index contributed by atoms with van der Waals surface area (Å²) in [5.41, 5.74) is 4.28. The van der Waals surface area contributed by atoms with Crippen molar-refractivity contribution in [3.05, 3.63) is 46.7 Å². The highest BCUT2D eigenvalue weighted by atomic mass is 16.6. The molecule has 1 aromatic rings. The minimum absolute atomic E-state index is 0.0524. The first-order chi connectivity index (χ1) is 12.8. The van der Waals surface area contributed by atoms with Crippen LogP contribution in [0, 0.1) is 5.92 Å². The summed E-state index contributed by atoms with van der Waals surface area (Å²) in [6.07, 6.45) is 9.41. The molecule has 2 fully saturated rings. The van der Waals surface area contributed by atoms with Crippen molar-refractivity contribution in [2.75, 3.05) is 27.3 Å². The molecule has 136 valence electrons. The van der Waals surface area contributed by atoms with Crippen molar-refractivity contribution in [1.82, 2.24) is 4.90 Å². The van der Waals surface area contributed by atoms with Gasteiger partial charge in [-0.3, -0.25) is 4.90 Å². The van der Waals surface area contributed by atoms with Gasteiger partial charge >= 0.3 is 0 Å². The van der Waals surface area contributed by atoms with Crippen molar-refractivity contribution < 1.29 is 14.2 Å². The van der Waals surface area contributed by atoms with Gasteiger partial charge in [0.15, 0.2) is 17.6 Å². The molecule has 26 heavy (non-hydrogen) atoms. The third kappa shape index (κ3) is 1.74. The fraction of sp³-hybridized carbons (Fsp3) is 0.545. The lowest BCUT2D eigenvalue weighted by molar-refractivity contribution is 0.0624. The Morgan fingerprint density at radius 1 is 1.19 bits per heavy atom. The molecule has 1 saturated heterocycles. The lowest BCUT2D eigenvalue weighted by Crippen LogP contribution is -2.59. The number of nitrogens with zero attached hydrogens (tertiary/aromatic N) is 1. The van der Waals surface area contributed by atoms with Crippen LogP contribution in [0.1, 0.15) is 30.4 Å². The zero-order chi connectivity index (χ0) is 17.5. The van der Waals surface area contributed by atoms with Crippen LogP contribution >= 0.6 is 0 Å². The van der Waals surface area contributed by atoms with E-state index >= 15 is 0 Å². The number of likely N-dealkylation sites (tertiary alicyclic amines) is 1. The maximum Gasteiger partial charge on any atom is 0.169 e. The molecule has 0 N–H and O–H groups in total. The van der Waals surface area contributed by atoms with Gasteiger partial charge in [-0.25, -0.2) is 0 Å². The van der Waals surface area contributed by atoms with Gasteiger partial charge in [0, 0.05) is 24.7 Å². The zero-order valence-corrected chi connectivity index (χ0v) is 15.5. The summed E-state index contributed by atoms with van der Waals surface area (Å²) < 4.78 is 17.9. The molecule has 2 heterocycles. The predicted octanol–water partition coefficient (Wildman–Crippen LogP) is 3.20. The Kier molecular flexibility index (Phi) is 2.95. The van der Waals surface area contributed by atoms with Crippen LogP contribution in [0.15, 0.2) is 35.6 Å². The molecule has 0 radical (unpaired) electrons. The topological polar surface area (TPSA) is 30.9 Å². The SMILES string of the molecule is COC1=CC=C2C3Cc4ccc(OC)c5c4C2(CCN3CC2CC2)C1O5. The molecular formula is C22H25NO3. The summed E-state index contributed by atoms with van der Waals surface area (Å²) in [6, 6.07) is 4.84. The average molecular weight is 351 g/mol. The summed E-state index contributed by atoms with van der Waals surface area (Å²) in [5, 5.41) is 0. The normalized spacial score (nSPS) is 33.8. The predicted molar refractivity (Wildman–Crippen MR) is 98.7 cm³/mol. The van der Waals surface area contributed by atoms with Gasteiger partial charge in [0.25, 0.3) is 0 Å². The number of benzene rings is 1. The molecular weight excluding hydrogens is 326 g/mol. The van der Waals surface area contributed by atoms with E-state index in [1.165, 1.54) is 36.1 Å². The summed E-state index contributed by atoms with van der Waals surface area (Å²) in [7, 11) is 3.49. The molecule has 3 unspecified atom stereocenters. The second kappa shape index (κ2) is 5.07. The summed E-state index contributed by atoms with van der Waals surface area (Å²) in [4.78, 5) is 2.74. The van der Waals surface area contributed by atoms with Crippen LogP contribution in [0.4, 0.5) is 0 Å². The Hall–Kier alpha value is -1.94. The van der Waals surface area contributed by atoms with Gasteiger partial charge in [0.05, 0.1) is 19.6 Å². The smallest absolute Gasteiger partial charge is 0.169 e. The van der Waals surface area contributed by atoms with Crippen molar-refractivity contribution >= 4 is 0 Å². The van der Waals surface area contributed by atoms with Crippen molar-refractivity contribution in [1.29, 1.82) is 0 Å². The van der Waals surface area contributed by atoms with E-state index in [4.69, 9.17) is 14.2 Å².